The highest BCUT2D eigenvalue weighted by Gasteiger charge is 2.16. The summed E-state index contributed by atoms with van der Waals surface area (Å²) in [6, 6.07) is 5.71. The average Bonchev–Trinajstić information content (AvgIpc) is 2.97. The van der Waals surface area contributed by atoms with Crippen LogP contribution in [0.15, 0.2) is 29.2 Å². The Morgan fingerprint density at radius 2 is 2.00 bits per heavy atom. The van der Waals surface area contributed by atoms with Gasteiger partial charge in [-0.2, -0.15) is 0 Å². The van der Waals surface area contributed by atoms with Crippen molar-refractivity contribution >= 4 is 27.7 Å². The minimum atomic E-state index is -1.23. The third-order valence-electron chi connectivity index (χ3n) is 4.74. The fourth-order valence-electron chi connectivity index (χ4n) is 3.32. The van der Waals surface area contributed by atoms with Gasteiger partial charge < -0.3 is 18.6 Å². The van der Waals surface area contributed by atoms with Crippen LogP contribution in [-0.4, -0.2) is 31.7 Å². The van der Waals surface area contributed by atoms with Gasteiger partial charge >= 0.3 is 0 Å². The first-order chi connectivity index (χ1) is 13.3. The minimum Gasteiger partial charge on any atom is -0.491 e. The third kappa shape index (κ3) is 3.82. The van der Waals surface area contributed by atoms with E-state index in [9.17, 15) is 9.00 Å². The summed E-state index contributed by atoms with van der Waals surface area (Å²) in [5.41, 5.74) is 4.02. The molecule has 0 saturated heterocycles. The lowest BCUT2D eigenvalue weighted by Gasteiger charge is -2.12. The van der Waals surface area contributed by atoms with E-state index in [0.717, 1.165) is 47.4 Å². The quantitative estimate of drug-likeness (QED) is 0.658. The van der Waals surface area contributed by atoms with Gasteiger partial charge in [0.15, 0.2) is 5.75 Å². The molecule has 0 bridgehead atoms. The Hall–Kier alpha value is -2.61. The standard InChI is InChI=1S/C20H26N4O3S/c1-6-7-8-24-13(2)21-19-16(22-28(5)26)9-14(10-17(19)24)15-11-18(27-4)20(25)23(3)12-15/h9-12,22H,6-8H2,1-5H3. The number of unbranched alkanes of at least 4 members (excludes halogenated alkanes) is 1. The van der Waals surface area contributed by atoms with Crippen LogP contribution in [0.4, 0.5) is 5.69 Å². The number of methoxy groups -OCH3 is 1. The van der Waals surface area contributed by atoms with Crippen molar-refractivity contribution in [3.05, 3.63) is 40.6 Å². The maximum absolute atomic E-state index is 12.2. The predicted octanol–water partition coefficient (Wildman–Crippen LogP) is 3.22. The Morgan fingerprint density at radius 3 is 2.64 bits per heavy atom. The number of imidazole rings is 1. The number of ether oxygens (including phenoxy) is 1. The molecule has 0 radical (unpaired) electrons. The molecule has 1 unspecified atom stereocenters. The first kappa shape index (κ1) is 20.1. The second-order valence-corrected chi connectivity index (χ2v) is 7.94. The van der Waals surface area contributed by atoms with Crippen LogP contribution in [0.3, 0.4) is 0 Å². The van der Waals surface area contributed by atoms with Crippen molar-refractivity contribution in [2.75, 3.05) is 18.1 Å². The summed E-state index contributed by atoms with van der Waals surface area (Å²) in [6.07, 6.45) is 5.50. The van der Waals surface area contributed by atoms with Crippen molar-refractivity contribution in [1.82, 2.24) is 14.1 Å². The highest BCUT2D eigenvalue weighted by atomic mass is 32.2. The van der Waals surface area contributed by atoms with E-state index in [1.807, 2.05) is 13.0 Å². The van der Waals surface area contributed by atoms with Crippen LogP contribution in [0.5, 0.6) is 5.75 Å². The van der Waals surface area contributed by atoms with Crippen LogP contribution < -0.4 is 15.0 Å². The van der Waals surface area contributed by atoms with Crippen LogP contribution in [-0.2, 0) is 24.6 Å². The first-order valence-corrected chi connectivity index (χ1v) is 10.8. The number of anilines is 1. The molecule has 7 nitrogen and oxygen atoms in total. The minimum absolute atomic E-state index is 0.191. The van der Waals surface area contributed by atoms with E-state index >= 15 is 0 Å². The molecule has 3 aromatic rings. The second-order valence-electron chi connectivity index (χ2n) is 6.83. The van der Waals surface area contributed by atoms with Crippen LogP contribution in [0.1, 0.15) is 25.6 Å². The van der Waals surface area contributed by atoms with Crippen molar-refractivity contribution < 1.29 is 8.95 Å². The largest absolute Gasteiger partial charge is 0.491 e. The monoisotopic (exact) mass is 402 g/mol. The molecule has 0 aliphatic carbocycles. The smallest absolute Gasteiger partial charge is 0.292 e. The predicted molar refractivity (Wildman–Crippen MR) is 114 cm³/mol. The van der Waals surface area contributed by atoms with E-state index in [0.29, 0.717) is 5.69 Å². The van der Waals surface area contributed by atoms with E-state index < -0.39 is 11.0 Å². The summed E-state index contributed by atoms with van der Waals surface area (Å²) in [5.74, 6) is 1.20. The number of nitrogens with one attached hydrogen (secondary N) is 1. The molecule has 8 heteroatoms. The van der Waals surface area contributed by atoms with Gasteiger partial charge in [-0.15, -0.1) is 0 Å². The summed E-state index contributed by atoms with van der Waals surface area (Å²) >= 11 is 0. The summed E-state index contributed by atoms with van der Waals surface area (Å²) in [4.78, 5) is 16.9. The van der Waals surface area contributed by atoms with E-state index in [2.05, 4.69) is 22.3 Å². The zero-order valence-corrected chi connectivity index (χ0v) is 17.7. The molecule has 0 saturated carbocycles. The van der Waals surface area contributed by atoms with Crippen molar-refractivity contribution in [2.45, 2.75) is 33.2 Å². The molecule has 0 aliphatic rings. The molecule has 1 atom stereocenters. The SMILES string of the molecule is CCCCn1c(C)nc2c(NS(C)=O)cc(-c3cc(OC)c(=O)n(C)c3)cc21. The number of pyridine rings is 1. The van der Waals surface area contributed by atoms with E-state index in [1.165, 1.54) is 11.7 Å². The van der Waals surface area contributed by atoms with Gasteiger partial charge in [-0.25, -0.2) is 9.19 Å². The van der Waals surface area contributed by atoms with Crippen molar-refractivity contribution in [1.29, 1.82) is 0 Å². The van der Waals surface area contributed by atoms with Crippen LogP contribution in [0.2, 0.25) is 0 Å². The number of nitrogens with zero attached hydrogens (tertiary/aromatic N) is 3. The summed E-state index contributed by atoms with van der Waals surface area (Å²) in [7, 11) is 1.95. The fourth-order valence-corrected chi connectivity index (χ4v) is 3.79. The molecule has 0 amide bonds. The lowest BCUT2D eigenvalue weighted by Crippen LogP contribution is -2.17. The van der Waals surface area contributed by atoms with Gasteiger partial charge in [-0.3, -0.25) is 4.79 Å². The summed E-state index contributed by atoms with van der Waals surface area (Å²) < 4.78 is 23.8. The topological polar surface area (TPSA) is 78.2 Å². The average molecular weight is 403 g/mol. The lowest BCUT2D eigenvalue weighted by molar-refractivity contribution is 0.405. The Bertz CT molecular complexity index is 1100. The molecular formula is C20H26N4O3S. The first-order valence-electron chi connectivity index (χ1n) is 9.21. The molecule has 2 heterocycles. The van der Waals surface area contributed by atoms with Crippen molar-refractivity contribution in [3.8, 4) is 16.9 Å². The molecule has 1 aromatic carbocycles. The maximum Gasteiger partial charge on any atom is 0.292 e. The molecule has 3 rings (SSSR count). The summed E-state index contributed by atoms with van der Waals surface area (Å²) in [5, 5.41) is 0. The van der Waals surface area contributed by atoms with Crippen LogP contribution in [0, 0.1) is 6.92 Å². The molecular weight excluding hydrogens is 376 g/mol. The van der Waals surface area contributed by atoms with Gasteiger partial charge in [0.05, 0.1) is 18.3 Å². The van der Waals surface area contributed by atoms with E-state index in [-0.39, 0.29) is 11.3 Å². The second kappa shape index (κ2) is 8.18. The fraction of sp³-hybridized carbons (Fsp3) is 0.400. The highest BCUT2D eigenvalue weighted by molar-refractivity contribution is 7.85. The van der Waals surface area contributed by atoms with Gasteiger partial charge in [-0.1, -0.05) is 13.3 Å². The van der Waals surface area contributed by atoms with Gasteiger partial charge in [0, 0.05) is 31.6 Å². The van der Waals surface area contributed by atoms with Gasteiger partial charge in [0.1, 0.15) is 22.3 Å². The summed E-state index contributed by atoms with van der Waals surface area (Å²) in [6.45, 7) is 5.01. The van der Waals surface area contributed by atoms with Gasteiger partial charge in [-0.05, 0) is 37.1 Å². The van der Waals surface area contributed by atoms with Gasteiger partial charge in [0.25, 0.3) is 5.56 Å². The van der Waals surface area contributed by atoms with Crippen molar-refractivity contribution in [3.63, 3.8) is 0 Å². The number of fused-ring (bicyclic) bond motifs is 1. The molecule has 28 heavy (non-hydrogen) atoms. The lowest BCUT2D eigenvalue weighted by atomic mass is 10.1. The number of benzene rings is 1. The third-order valence-corrected chi connectivity index (χ3v) is 5.24. The maximum atomic E-state index is 12.2. The van der Waals surface area contributed by atoms with Crippen molar-refractivity contribution in [2.24, 2.45) is 7.05 Å². The Balaban J connectivity index is 2.27. The van der Waals surface area contributed by atoms with E-state index in [4.69, 9.17) is 9.72 Å². The van der Waals surface area contributed by atoms with Crippen LogP contribution in [0.25, 0.3) is 22.2 Å². The number of aromatic nitrogens is 3. The van der Waals surface area contributed by atoms with Crippen LogP contribution >= 0.6 is 0 Å². The molecule has 0 spiro atoms. The normalized spacial score (nSPS) is 12.3. The Morgan fingerprint density at radius 1 is 1.25 bits per heavy atom. The molecule has 150 valence electrons. The Kier molecular flexibility index (Phi) is 5.88. The molecule has 0 aliphatic heterocycles. The number of hydrogen-bond acceptors (Lipinski definition) is 4. The zero-order valence-electron chi connectivity index (χ0n) is 16.9. The molecule has 0 fully saturated rings. The molecule has 2 aromatic heterocycles. The number of aryl methyl sites for hydroxylation is 3. The van der Waals surface area contributed by atoms with Gasteiger partial charge in [0.2, 0.25) is 0 Å². The van der Waals surface area contributed by atoms with E-state index in [1.54, 1.807) is 25.6 Å². The highest BCUT2D eigenvalue weighted by Crippen LogP contribution is 2.32. The molecule has 1 N–H and O–H groups in total. The Labute approximate surface area is 166 Å². The number of rotatable bonds is 7. The number of hydrogen-bond donors (Lipinski definition) is 1. The zero-order chi connectivity index (χ0) is 20.4.